The Kier molecular flexibility index (Phi) is 18.6. The van der Waals surface area contributed by atoms with Crippen LogP contribution in [0.15, 0.2) is 78.9 Å². The van der Waals surface area contributed by atoms with E-state index in [0.29, 0.717) is 39.0 Å². The van der Waals surface area contributed by atoms with Gasteiger partial charge in [-0.05, 0) is 80.3 Å². The van der Waals surface area contributed by atoms with Crippen molar-refractivity contribution in [2.45, 2.75) is 103 Å². The molecule has 0 unspecified atom stereocenters. The zero-order chi connectivity index (χ0) is 50.5. The lowest BCUT2D eigenvalue weighted by Crippen LogP contribution is -2.50. The first kappa shape index (κ1) is 53.1. The van der Waals surface area contributed by atoms with Crippen molar-refractivity contribution in [1.82, 2.24) is 29.3 Å². The van der Waals surface area contributed by atoms with Crippen molar-refractivity contribution in [2.24, 2.45) is 0 Å². The number of likely N-dealkylation sites (tertiary alicyclic amines) is 1. The van der Waals surface area contributed by atoms with E-state index in [-0.39, 0.29) is 95.0 Å². The second-order valence-electron chi connectivity index (χ2n) is 19.0. The number of hydrogen-bond acceptors (Lipinski definition) is 11. The Labute approximate surface area is 411 Å². The van der Waals surface area contributed by atoms with Gasteiger partial charge in [0, 0.05) is 89.8 Å². The van der Waals surface area contributed by atoms with E-state index in [1.165, 1.54) is 19.0 Å². The fraction of sp³-hybridized carbons (Fsp3) is 0.509. The van der Waals surface area contributed by atoms with Gasteiger partial charge < -0.3 is 43.3 Å². The van der Waals surface area contributed by atoms with Gasteiger partial charge in [0.05, 0.1) is 39.4 Å². The quantitative estimate of drug-likeness (QED) is 0.0482. The van der Waals surface area contributed by atoms with Gasteiger partial charge in [0.2, 0.25) is 17.7 Å². The molecule has 0 radical (unpaired) electrons. The molecule has 378 valence electrons. The summed E-state index contributed by atoms with van der Waals surface area (Å²) in [5.41, 5.74) is 5.94. The summed E-state index contributed by atoms with van der Waals surface area (Å²) >= 11 is 0. The number of carbonyl (C=O) groups excluding carboxylic acids is 5. The standard InChI is InChI=1S/C53H70N6O11/c1-37(51(64)65)55(6)47(60)20-21-49(62)59(29-31-68-33-32-67-30-25-50(63)70-53(2,3)4)39-22-26-57(27-23-39)48(61)24-28-58-40(34-38-14-8-13-19-46(38)58)35-54(5)56(7)52(66)69-36-45-43-17-11-9-15-41(43)42-16-10-12-18-44(42)45/h8-19,34,37,39,45H,20-33,35-36H2,1-7H3,(H,64,65)/t37-/m0/s1. The Morgan fingerprint density at radius 3 is 2.00 bits per heavy atom. The summed E-state index contributed by atoms with van der Waals surface area (Å²) < 4.78 is 24.7. The zero-order valence-corrected chi connectivity index (χ0v) is 41.8. The first-order valence-electron chi connectivity index (χ1n) is 24.2. The molecule has 1 N–H and O–H groups in total. The van der Waals surface area contributed by atoms with E-state index >= 15 is 0 Å². The molecular weight excluding hydrogens is 897 g/mol. The Morgan fingerprint density at radius 2 is 1.36 bits per heavy atom. The van der Waals surface area contributed by atoms with Crippen LogP contribution in [0.2, 0.25) is 0 Å². The molecule has 17 nitrogen and oxygen atoms in total. The van der Waals surface area contributed by atoms with Crippen LogP contribution in [0.3, 0.4) is 0 Å². The third kappa shape index (κ3) is 13.9. The van der Waals surface area contributed by atoms with Crippen molar-refractivity contribution in [3.05, 3.63) is 95.7 Å². The molecule has 70 heavy (non-hydrogen) atoms. The summed E-state index contributed by atoms with van der Waals surface area (Å²) in [4.78, 5) is 82.1. The number of carboxylic acid groups (broad SMARTS) is 1. The van der Waals surface area contributed by atoms with Crippen molar-refractivity contribution in [1.29, 1.82) is 0 Å². The number of ether oxygens (including phenoxy) is 4. The molecule has 1 aliphatic heterocycles. The van der Waals surface area contributed by atoms with Crippen LogP contribution < -0.4 is 0 Å². The van der Waals surface area contributed by atoms with Crippen molar-refractivity contribution < 1.29 is 52.8 Å². The fourth-order valence-corrected chi connectivity index (χ4v) is 9.08. The Balaban J connectivity index is 1.01. The van der Waals surface area contributed by atoms with E-state index in [1.807, 2.05) is 65.5 Å². The zero-order valence-electron chi connectivity index (χ0n) is 41.8. The second kappa shape index (κ2) is 24.5. The van der Waals surface area contributed by atoms with Gasteiger partial charge in [-0.1, -0.05) is 66.7 Å². The maximum Gasteiger partial charge on any atom is 0.424 e. The molecule has 1 aliphatic carbocycles. The minimum atomic E-state index is -1.14. The van der Waals surface area contributed by atoms with Gasteiger partial charge >= 0.3 is 18.0 Å². The Hall–Kier alpha value is -6.30. The largest absolute Gasteiger partial charge is 0.480 e. The van der Waals surface area contributed by atoms with Gasteiger partial charge in [-0.25, -0.2) is 19.6 Å². The molecule has 1 fully saturated rings. The highest BCUT2D eigenvalue weighted by Crippen LogP contribution is 2.44. The number of likely N-dealkylation sites (N-methyl/N-ethyl adjacent to an activating group) is 1. The first-order valence-corrected chi connectivity index (χ1v) is 24.2. The number of aromatic nitrogens is 1. The highest BCUT2D eigenvalue weighted by molar-refractivity contribution is 5.87. The minimum Gasteiger partial charge on any atom is -0.480 e. The number of aryl methyl sites for hydroxylation is 1. The maximum absolute atomic E-state index is 13.9. The van der Waals surface area contributed by atoms with E-state index in [1.54, 1.807) is 32.7 Å². The third-order valence-corrected chi connectivity index (χ3v) is 13.1. The average Bonchev–Trinajstić information content (AvgIpc) is 3.86. The lowest BCUT2D eigenvalue weighted by molar-refractivity contribution is -0.156. The normalized spacial score (nSPS) is 14.3. The van der Waals surface area contributed by atoms with Gasteiger partial charge in [0.25, 0.3) is 0 Å². The number of rotatable bonds is 23. The van der Waals surface area contributed by atoms with Gasteiger partial charge in [-0.2, -0.15) is 0 Å². The summed E-state index contributed by atoms with van der Waals surface area (Å²) in [5.74, 6) is -2.26. The predicted molar refractivity (Wildman–Crippen MR) is 263 cm³/mol. The third-order valence-electron chi connectivity index (χ3n) is 13.1. The number of hydrazine groups is 1. The molecule has 6 rings (SSSR count). The predicted octanol–water partition coefficient (Wildman–Crippen LogP) is 6.56. The molecule has 0 spiro atoms. The van der Waals surface area contributed by atoms with Crippen molar-refractivity contribution in [3.8, 4) is 11.1 Å². The summed E-state index contributed by atoms with van der Waals surface area (Å²) in [6.07, 6.45) is 0.690. The van der Waals surface area contributed by atoms with Crippen molar-refractivity contribution >= 4 is 46.7 Å². The molecule has 17 heteroatoms. The SMILES string of the molecule is C[C@@H](C(=O)O)N(C)C(=O)CCC(=O)N(CCOCCOCCC(=O)OC(C)(C)C)C1CCN(C(=O)CCn2c(CN(C)N(C)C(=O)OCC3c4ccccc4-c4ccccc43)cc3ccccc32)CC1. The topological polar surface area (TPSA) is 181 Å². The summed E-state index contributed by atoms with van der Waals surface area (Å²) in [6, 6.07) is 25.3. The van der Waals surface area contributed by atoms with Crippen LogP contribution >= 0.6 is 0 Å². The van der Waals surface area contributed by atoms with E-state index in [2.05, 4.69) is 34.9 Å². The van der Waals surface area contributed by atoms with Crippen LogP contribution in [-0.2, 0) is 56.0 Å². The maximum atomic E-state index is 13.9. The molecule has 0 saturated carbocycles. The molecule has 3 aromatic carbocycles. The first-order chi connectivity index (χ1) is 33.4. The van der Waals surface area contributed by atoms with Gasteiger partial charge in [-0.3, -0.25) is 19.2 Å². The smallest absolute Gasteiger partial charge is 0.424 e. The summed E-state index contributed by atoms with van der Waals surface area (Å²) in [5, 5.41) is 13.7. The van der Waals surface area contributed by atoms with Crippen LogP contribution in [0.25, 0.3) is 22.0 Å². The number of benzene rings is 3. The van der Waals surface area contributed by atoms with Crippen molar-refractivity contribution in [3.63, 3.8) is 0 Å². The molecule has 2 heterocycles. The second-order valence-corrected chi connectivity index (χ2v) is 19.0. The number of carbonyl (C=O) groups is 6. The summed E-state index contributed by atoms with van der Waals surface area (Å²) in [7, 11) is 4.93. The number of para-hydroxylation sites is 1. The molecular formula is C53H70N6O11. The van der Waals surface area contributed by atoms with Crippen LogP contribution in [0.5, 0.6) is 0 Å². The molecule has 0 bridgehead atoms. The molecule has 4 amide bonds. The number of nitrogens with zero attached hydrogens (tertiary/aromatic N) is 6. The van der Waals surface area contributed by atoms with Gasteiger partial charge in [0.15, 0.2) is 0 Å². The van der Waals surface area contributed by atoms with Gasteiger partial charge in [-0.15, -0.1) is 0 Å². The van der Waals surface area contributed by atoms with E-state index in [9.17, 15) is 33.9 Å². The minimum absolute atomic E-state index is 0.0136. The average molecular weight is 967 g/mol. The number of amides is 4. The van der Waals surface area contributed by atoms with Crippen LogP contribution in [0, 0.1) is 0 Å². The lowest BCUT2D eigenvalue weighted by Gasteiger charge is -2.39. The molecule has 1 aromatic heterocycles. The fourth-order valence-electron chi connectivity index (χ4n) is 9.08. The molecule has 1 saturated heterocycles. The highest BCUT2D eigenvalue weighted by atomic mass is 16.6. The number of aliphatic carboxylic acids is 1. The van der Waals surface area contributed by atoms with E-state index in [0.717, 1.165) is 43.8 Å². The lowest BCUT2D eigenvalue weighted by atomic mass is 9.98. The van der Waals surface area contributed by atoms with Crippen LogP contribution in [0.4, 0.5) is 4.79 Å². The molecule has 1 atom stereocenters. The summed E-state index contributed by atoms with van der Waals surface area (Å²) in [6.45, 7) is 9.82. The van der Waals surface area contributed by atoms with E-state index < -0.39 is 29.6 Å². The van der Waals surface area contributed by atoms with Crippen LogP contribution in [0.1, 0.15) is 89.0 Å². The Morgan fingerprint density at radius 1 is 0.757 bits per heavy atom. The number of hydrogen-bond donors (Lipinski definition) is 1. The molecule has 4 aromatic rings. The van der Waals surface area contributed by atoms with Gasteiger partial charge in [0.1, 0.15) is 18.2 Å². The van der Waals surface area contributed by atoms with Crippen LogP contribution in [-0.4, -0.2) is 162 Å². The molecule has 2 aliphatic rings. The number of carboxylic acids is 1. The number of fused-ring (bicyclic) bond motifs is 4. The number of esters is 1. The highest BCUT2D eigenvalue weighted by Gasteiger charge is 2.32. The Bertz CT molecular complexity index is 2410. The monoisotopic (exact) mass is 967 g/mol. The van der Waals surface area contributed by atoms with E-state index in [4.69, 9.17) is 18.9 Å². The van der Waals surface area contributed by atoms with Crippen molar-refractivity contribution in [2.75, 3.05) is 73.8 Å². The number of piperidine rings is 1.